The summed E-state index contributed by atoms with van der Waals surface area (Å²) in [5.41, 5.74) is 0.757. The first-order valence-corrected chi connectivity index (χ1v) is 6.27. The molecule has 0 aliphatic heterocycles. The smallest absolute Gasteiger partial charge is 0.255 e. The van der Waals surface area contributed by atoms with Crippen LogP contribution in [-0.2, 0) is 6.54 Å². The summed E-state index contributed by atoms with van der Waals surface area (Å²) in [5.74, 6) is -0.608. The number of nitrogens with zero attached hydrogens (tertiary/aromatic N) is 2. The maximum absolute atomic E-state index is 13.2. The highest BCUT2D eigenvalue weighted by molar-refractivity contribution is 5.98. The number of hydrogen-bond donors (Lipinski definition) is 2. The molecule has 106 valence electrons. The van der Waals surface area contributed by atoms with Gasteiger partial charge in [-0.1, -0.05) is 12.1 Å². The Bertz CT molecular complexity index is 572. The molecule has 2 aromatic heterocycles. The predicted octanol–water partition coefficient (Wildman–Crippen LogP) is 1.96. The molecule has 1 amide bonds. The Balaban J connectivity index is 2.08. The molecule has 0 atom stereocenters. The van der Waals surface area contributed by atoms with Crippen molar-refractivity contribution in [3.05, 3.63) is 41.7 Å². The van der Waals surface area contributed by atoms with E-state index in [-0.39, 0.29) is 12.1 Å². The van der Waals surface area contributed by atoms with Gasteiger partial charge in [-0.3, -0.25) is 4.79 Å². The van der Waals surface area contributed by atoms with E-state index in [1.165, 1.54) is 6.26 Å². The van der Waals surface area contributed by atoms with Gasteiger partial charge in [0.05, 0.1) is 18.3 Å². The molecule has 0 saturated heterocycles. The van der Waals surface area contributed by atoms with Gasteiger partial charge in [0, 0.05) is 12.6 Å². The number of carbonyl (C=O) groups excluding carboxylic acids is 1. The minimum Gasteiger partial charge on any atom is -0.369 e. The van der Waals surface area contributed by atoms with E-state index in [1.807, 2.05) is 6.92 Å². The average molecular weight is 278 g/mol. The number of carbonyl (C=O) groups is 1. The van der Waals surface area contributed by atoms with Crippen LogP contribution in [0.25, 0.3) is 0 Å². The normalized spacial score (nSPS) is 10.3. The first-order chi connectivity index (χ1) is 9.70. The lowest BCUT2D eigenvalue weighted by Gasteiger charge is -2.10. The Labute approximate surface area is 115 Å². The van der Waals surface area contributed by atoms with Gasteiger partial charge in [-0.15, -0.1) is 0 Å². The van der Waals surface area contributed by atoms with Crippen LogP contribution < -0.4 is 10.6 Å². The number of hydrogen-bond acceptors (Lipinski definition) is 5. The fourth-order valence-corrected chi connectivity index (χ4v) is 1.59. The molecule has 2 heterocycles. The fourth-order valence-electron chi connectivity index (χ4n) is 1.59. The fraction of sp³-hybridized carbons (Fsp3) is 0.308. The molecular formula is C13H15FN4O2. The highest BCUT2D eigenvalue weighted by Crippen LogP contribution is 2.13. The second-order valence-corrected chi connectivity index (χ2v) is 4.15. The number of halogens is 1. The number of aromatic nitrogens is 2. The summed E-state index contributed by atoms with van der Waals surface area (Å²) in [7, 11) is 0. The Morgan fingerprint density at radius 2 is 2.35 bits per heavy atom. The van der Waals surface area contributed by atoms with Gasteiger partial charge in [0.1, 0.15) is 23.6 Å². The summed E-state index contributed by atoms with van der Waals surface area (Å²) in [6.45, 7) is 2.85. The Morgan fingerprint density at radius 3 is 3.05 bits per heavy atom. The Hall–Kier alpha value is -2.44. The van der Waals surface area contributed by atoms with Gasteiger partial charge >= 0.3 is 0 Å². The van der Waals surface area contributed by atoms with Crippen LogP contribution in [0.2, 0.25) is 0 Å². The van der Waals surface area contributed by atoms with Crippen molar-refractivity contribution in [1.29, 1.82) is 0 Å². The van der Waals surface area contributed by atoms with Gasteiger partial charge < -0.3 is 15.2 Å². The first kappa shape index (κ1) is 14.0. The lowest BCUT2D eigenvalue weighted by atomic mass is 10.2. The molecule has 2 aromatic rings. The van der Waals surface area contributed by atoms with Crippen molar-refractivity contribution in [2.24, 2.45) is 0 Å². The highest BCUT2D eigenvalue weighted by atomic mass is 19.1. The van der Waals surface area contributed by atoms with Gasteiger partial charge in [0.25, 0.3) is 5.91 Å². The second kappa shape index (κ2) is 6.65. The highest BCUT2D eigenvalue weighted by Gasteiger charge is 2.14. The van der Waals surface area contributed by atoms with E-state index in [1.54, 1.807) is 6.07 Å². The van der Waals surface area contributed by atoms with E-state index in [4.69, 9.17) is 0 Å². The van der Waals surface area contributed by atoms with Crippen molar-refractivity contribution in [2.75, 3.05) is 11.9 Å². The molecule has 0 radical (unpaired) electrons. The van der Waals surface area contributed by atoms with Crippen LogP contribution in [0.4, 0.5) is 10.2 Å². The third kappa shape index (κ3) is 3.53. The zero-order valence-electron chi connectivity index (χ0n) is 11.0. The molecule has 0 aliphatic carbocycles. The van der Waals surface area contributed by atoms with Gasteiger partial charge in [-0.25, -0.2) is 9.37 Å². The monoisotopic (exact) mass is 278 g/mol. The minimum absolute atomic E-state index is 0.168. The Kier molecular flexibility index (Phi) is 4.65. The average Bonchev–Trinajstić information content (AvgIpc) is 2.96. The van der Waals surface area contributed by atoms with Crippen molar-refractivity contribution in [3.63, 3.8) is 0 Å². The van der Waals surface area contributed by atoms with Crippen LogP contribution >= 0.6 is 0 Å². The number of anilines is 1. The number of amides is 1. The summed E-state index contributed by atoms with van der Waals surface area (Å²) in [6, 6.07) is 2.80. The first-order valence-electron chi connectivity index (χ1n) is 6.27. The van der Waals surface area contributed by atoms with Crippen LogP contribution in [0.5, 0.6) is 0 Å². The van der Waals surface area contributed by atoms with Crippen LogP contribution in [0.3, 0.4) is 0 Å². The number of pyridine rings is 1. The summed E-state index contributed by atoms with van der Waals surface area (Å²) in [5, 5.41) is 9.31. The number of rotatable bonds is 6. The molecule has 0 bridgehead atoms. The standard InChI is InChI=1S/C13H15FN4O2/c1-2-4-15-12-11(6-9(14)7-16-12)13(19)17-8-10-3-5-20-18-10/h3,5-7H,2,4,8H2,1H3,(H,15,16)(H,17,19). The molecule has 2 rings (SSSR count). The molecule has 0 unspecified atom stereocenters. The van der Waals surface area contributed by atoms with Gasteiger partial charge in [0.2, 0.25) is 0 Å². The summed E-state index contributed by atoms with van der Waals surface area (Å²) in [4.78, 5) is 16.0. The van der Waals surface area contributed by atoms with Crippen molar-refractivity contribution in [2.45, 2.75) is 19.9 Å². The molecule has 2 N–H and O–H groups in total. The van der Waals surface area contributed by atoms with Crippen molar-refractivity contribution < 1.29 is 13.7 Å². The molecule has 0 spiro atoms. The van der Waals surface area contributed by atoms with E-state index in [2.05, 4.69) is 25.3 Å². The van der Waals surface area contributed by atoms with Crippen LogP contribution in [0, 0.1) is 5.82 Å². The van der Waals surface area contributed by atoms with E-state index in [0.717, 1.165) is 18.7 Å². The second-order valence-electron chi connectivity index (χ2n) is 4.15. The molecule has 6 nitrogen and oxygen atoms in total. The van der Waals surface area contributed by atoms with Gasteiger partial charge in [-0.2, -0.15) is 0 Å². The maximum Gasteiger partial charge on any atom is 0.255 e. The van der Waals surface area contributed by atoms with Crippen LogP contribution in [0.1, 0.15) is 29.4 Å². The van der Waals surface area contributed by atoms with Gasteiger partial charge in [-0.05, 0) is 12.5 Å². The summed E-state index contributed by atoms with van der Waals surface area (Å²) in [6.07, 6.45) is 3.37. The third-order valence-corrected chi connectivity index (χ3v) is 2.56. The molecule has 7 heteroatoms. The van der Waals surface area contributed by atoms with Gasteiger partial charge in [0.15, 0.2) is 0 Å². The topological polar surface area (TPSA) is 80.0 Å². The SMILES string of the molecule is CCCNc1ncc(F)cc1C(=O)NCc1ccon1. The molecular weight excluding hydrogens is 263 g/mol. The lowest BCUT2D eigenvalue weighted by molar-refractivity contribution is 0.0950. The zero-order valence-corrected chi connectivity index (χ0v) is 11.0. The maximum atomic E-state index is 13.2. The van der Waals surface area contributed by atoms with E-state index in [0.29, 0.717) is 18.1 Å². The zero-order chi connectivity index (χ0) is 14.4. The molecule has 0 saturated carbocycles. The summed E-state index contributed by atoms with van der Waals surface area (Å²) >= 11 is 0. The number of nitrogens with one attached hydrogen (secondary N) is 2. The quantitative estimate of drug-likeness (QED) is 0.844. The molecule has 0 fully saturated rings. The summed E-state index contributed by atoms with van der Waals surface area (Å²) < 4.78 is 17.9. The lowest BCUT2D eigenvalue weighted by Crippen LogP contribution is -2.24. The van der Waals surface area contributed by atoms with Crippen molar-refractivity contribution in [3.8, 4) is 0 Å². The Morgan fingerprint density at radius 1 is 1.50 bits per heavy atom. The third-order valence-electron chi connectivity index (χ3n) is 2.56. The molecule has 20 heavy (non-hydrogen) atoms. The minimum atomic E-state index is -0.557. The predicted molar refractivity (Wildman–Crippen MR) is 70.6 cm³/mol. The van der Waals surface area contributed by atoms with E-state index >= 15 is 0 Å². The van der Waals surface area contributed by atoms with Crippen LogP contribution in [-0.4, -0.2) is 22.6 Å². The molecule has 0 aromatic carbocycles. The van der Waals surface area contributed by atoms with Crippen LogP contribution in [0.15, 0.2) is 29.1 Å². The van der Waals surface area contributed by atoms with E-state index < -0.39 is 11.7 Å². The largest absolute Gasteiger partial charge is 0.369 e. The van der Waals surface area contributed by atoms with E-state index in [9.17, 15) is 9.18 Å². The van der Waals surface area contributed by atoms with Crippen molar-refractivity contribution >= 4 is 11.7 Å². The molecule has 0 aliphatic rings. The van der Waals surface area contributed by atoms with Crippen molar-refractivity contribution in [1.82, 2.24) is 15.5 Å².